The van der Waals surface area contributed by atoms with E-state index in [1.807, 2.05) is 6.92 Å². The van der Waals surface area contributed by atoms with Gasteiger partial charge in [0.1, 0.15) is 0 Å². The maximum atomic E-state index is 13.2. The van der Waals surface area contributed by atoms with E-state index >= 15 is 0 Å². The van der Waals surface area contributed by atoms with Crippen LogP contribution in [0.5, 0.6) is 0 Å². The molecule has 1 saturated heterocycles. The van der Waals surface area contributed by atoms with Crippen molar-refractivity contribution in [2.45, 2.75) is 31.8 Å². The summed E-state index contributed by atoms with van der Waals surface area (Å²) in [7, 11) is 1.63. The van der Waals surface area contributed by atoms with Gasteiger partial charge >= 0.3 is 0 Å². The lowest BCUT2D eigenvalue weighted by atomic mass is 9.97. The Morgan fingerprint density at radius 2 is 1.81 bits per heavy atom. The third-order valence-corrected chi connectivity index (χ3v) is 4.05. The highest BCUT2D eigenvalue weighted by atomic mass is 19.2. The number of nitrogens with zero attached hydrogens (tertiary/aromatic N) is 1. The minimum atomic E-state index is -1.56. The van der Waals surface area contributed by atoms with Gasteiger partial charge in [0.15, 0.2) is 17.5 Å². The number of benzene rings is 1. The first kappa shape index (κ1) is 15.8. The topological polar surface area (TPSA) is 29.5 Å². The number of amides is 1. The molecule has 1 aliphatic heterocycles. The van der Waals surface area contributed by atoms with E-state index in [-0.39, 0.29) is 11.2 Å². The van der Waals surface area contributed by atoms with Crippen LogP contribution in [0.1, 0.15) is 36.5 Å². The third-order valence-electron chi connectivity index (χ3n) is 4.05. The summed E-state index contributed by atoms with van der Waals surface area (Å²) in [6.45, 7) is 2.89. The molecule has 0 N–H and O–H groups in total. The Morgan fingerprint density at radius 3 is 2.38 bits per heavy atom. The van der Waals surface area contributed by atoms with E-state index in [0.29, 0.717) is 19.5 Å². The number of carbonyl (C=O) groups is 1. The Bertz CT molecular complexity index is 527. The normalized spacial score (nSPS) is 23.0. The summed E-state index contributed by atoms with van der Waals surface area (Å²) < 4.78 is 44.8. The van der Waals surface area contributed by atoms with Crippen molar-refractivity contribution in [3.63, 3.8) is 0 Å². The van der Waals surface area contributed by atoms with Gasteiger partial charge in [-0.15, -0.1) is 0 Å². The molecule has 0 bridgehead atoms. The zero-order valence-electron chi connectivity index (χ0n) is 12.1. The number of carbonyl (C=O) groups excluding carboxylic acids is 1. The molecular weight excluding hydrogens is 283 g/mol. The van der Waals surface area contributed by atoms with Crippen molar-refractivity contribution in [3.05, 3.63) is 35.1 Å². The average molecular weight is 301 g/mol. The number of likely N-dealkylation sites (tertiary alicyclic amines) is 1. The van der Waals surface area contributed by atoms with E-state index in [2.05, 4.69) is 0 Å². The van der Waals surface area contributed by atoms with E-state index in [0.717, 1.165) is 25.0 Å². The summed E-state index contributed by atoms with van der Waals surface area (Å²) in [5, 5.41) is 0. The van der Waals surface area contributed by atoms with Crippen LogP contribution in [0, 0.1) is 17.5 Å². The molecule has 0 saturated carbocycles. The highest BCUT2D eigenvalue weighted by Gasteiger charge is 2.30. The van der Waals surface area contributed by atoms with Gasteiger partial charge in [0.2, 0.25) is 0 Å². The molecule has 21 heavy (non-hydrogen) atoms. The smallest absolute Gasteiger partial charge is 0.254 e. The minimum Gasteiger partial charge on any atom is -0.378 e. The zero-order chi connectivity index (χ0) is 15.6. The lowest BCUT2D eigenvalue weighted by Crippen LogP contribution is -2.34. The van der Waals surface area contributed by atoms with Gasteiger partial charge in [0.05, 0.1) is 5.60 Å². The molecule has 1 aromatic carbocycles. The second kappa shape index (κ2) is 6.05. The van der Waals surface area contributed by atoms with Crippen LogP contribution in [0.15, 0.2) is 12.1 Å². The van der Waals surface area contributed by atoms with Crippen molar-refractivity contribution in [1.29, 1.82) is 0 Å². The molecule has 1 atom stereocenters. The maximum absolute atomic E-state index is 13.2. The van der Waals surface area contributed by atoms with Crippen molar-refractivity contribution >= 4 is 5.91 Å². The fraction of sp³-hybridized carbons (Fsp3) is 0.533. The van der Waals surface area contributed by atoms with Crippen LogP contribution < -0.4 is 0 Å². The molecule has 1 fully saturated rings. The first-order chi connectivity index (χ1) is 9.86. The number of rotatable bonds is 2. The van der Waals surface area contributed by atoms with Crippen molar-refractivity contribution < 1.29 is 22.7 Å². The first-order valence-electron chi connectivity index (χ1n) is 6.85. The van der Waals surface area contributed by atoms with Gasteiger partial charge in [-0.3, -0.25) is 4.79 Å². The van der Waals surface area contributed by atoms with Crippen LogP contribution in [-0.2, 0) is 4.74 Å². The molecule has 1 unspecified atom stereocenters. The minimum absolute atomic E-state index is 0.174. The molecule has 1 aliphatic rings. The highest BCUT2D eigenvalue weighted by molar-refractivity contribution is 5.94. The highest BCUT2D eigenvalue weighted by Crippen LogP contribution is 2.26. The Balaban J connectivity index is 2.17. The summed E-state index contributed by atoms with van der Waals surface area (Å²) in [4.78, 5) is 13.8. The summed E-state index contributed by atoms with van der Waals surface area (Å²) in [6.07, 6.45) is 2.18. The number of hydrogen-bond donors (Lipinski definition) is 0. The molecule has 3 nitrogen and oxygen atoms in total. The Morgan fingerprint density at radius 1 is 1.19 bits per heavy atom. The number of halogens is 3. The summed E-state index contributed by atoms with van der Waals surface area (Å²) in [5.41, 5.74) is -0.471. The predicted octanol–water partition coefficient (Wildman–Crippen LogP) is 3.14. The summed E-state index contributed by atoms with van der Waals surface area (Å²) in [6, 6.07) is 1.47. The van der Waals surface area contributed by atoms with Gasteiger partial charge in [0, 0.05) is 25.8 Å². The maximum Gasteiger partial charge on any atom is 0.254 e. The summed E-state index contributed by atoms with van der Waals surface area (Å²) in [5.74, 6) is -4.76. The molecule has 1 amide bonds. The quantitative estimate of drug-likeness (QED) is 0.785. The van der Waals surface area contributed by atoms with Crippen LogP contribution in [0.4, 0.5) is 13.2 Å². The molecular formula is C15H18F3NO2. The average Bonchev–Trinajstić information content (AvgIpc) is 2.66. The molecule has 0 radical (unpaired) electrons. The van der Waals surface area contributed by atoms with E-state index in [9.17, 15) is 18.0 Å². The second-order valence-electron chi connectivity index (χ2n) is 5.55. The van der Waals surface area contributed by atoms with Gasteiger partial charge < -0.3 is 9.64 Å². The third kappa shape index (κ3) is 3.37. The lowest BCUT2D eigenvalue weighted by molar-refractivity contribution is -0.00537. The molecule has 0 spiro atoms. The standard InChI is InChI=1S/C15H18F3NO2/c1-15(21-2)4-3-6-19(7-5-15)14(20)10-8-11(16)13(18)12(17)9-10/h8-9H,3-7H2,1-2H3. The van der Waals surface area contributed by atoms with Gasteiger partial charge in [-0.1, -0.05) is 0 Å². The molecule has 1 heterocycles. The first-order valence-corrected chi connectivity index (χ1v) is 6.85. The number of ether oxygens (including phenoxy) is 1. The van der Waals surface area contributed by atoms with Crippen LogP contribution >= 0.6 is 0 Å². The SMILES string of the molecule is COC1(C)CCCN(C(=O)c2cc(F)c(F)c(F)c2)CC1. The molecule has 116 valence electrons. The fourth-order valence-corrected chi connectivity index (χ4v) is 2.52. The van der Waals surface area contributed by atoms with Gasteiger partial charge in [-0.25, -0.2) is 13.2 Å². The van der Waals surface area contributed by atoms with E-state index in [1.54, 1.807) is 7.11 Å². The van der Waals surface area contributed by atoms with Crippen LogP contribution in [0.3, 0.4) is 0 Å². The Labute approximate surface area is 121 Å². The molecule has 1 aromatic rings. The Hall–Kier alpha value is -1.56. The molecule has 0 aromatic heterocycles. The molecule has 0 aliphatic carbocycles. The predicted molar refractivity (Wildman–Crippen MR) is 71.5 cm³/mol. The number of methoxy groups -OCH3 is 1. The Kier molecular flexibility index (Phi) is 4.56. The second-order valence-corrected chi connectivity index (χ2v) is 5.55. The largest absolute Gasteiger partial charge is 0.378 e. The van der Waals surface area contributed by atoms with E-state index in [1.165, 1.54) is 4.90 Å². The van der Waals surface area contributed by atoms with Gasteiger partial charge in [-0.2, -0.15) is 0 Å². The van der Waals surface area contributed by atoms with Crippen molar-refractivity contribution in [3.8, 4) is 0 Å². The van der Waals surface area contributed by atoms with Crippen molar-refractivity contribution in [2.24, 2.45) is 0 Å². The van der Waals surface area contributed by atoms with Crippen LogP contribution in [0.25, 0.3) is 0 Å². The van der Waals surface area contributed by atoms with E-state index in [4.69, 9.17) is 4.74 Å². The zero-order valence-corrected chi connectivity index (χ0v) is 12.1. The summed E-state index contributed by atoms with van der Waals surface area (Å²) >= 11 is 0. The molecule has 6 heteroatoms. The monoisotopic (exact) mass is 301 g/mol. The van der Waals surface area contributed by atoms with Gasteiger partial charge in [-0.05, 0) is 38.3 Å². The van der Waals surface area contributed by atoms with Crippen molar-refractivity contribution in [2.75, 3.05) is 20.2 Å². The van der Waals surface area contributed by atoms with Crippen LogP contribution in [-0.4, -0.2) is 36.6 Å². The number of hydrogen-bond acceptors (Lipinski definition) is 2. The fourth-order valence-electron chi connectivity index (χ4n) is 2.52. The lowest BCUT2D eigenvalue weighted by Gasteiger charge is -2.26. The van der Waals surface area contributed by atoms with Gasteiger partial charge in [0.25, 0.3) is 5.91 Å². The van der Waals surface area contributed by atoms with Crippen LogP contribution in [0.2, 0.25) is 0 Å². The molecule has 2 rings (SSSR count). The van der Waals surface area contributed by atoms with Crippen molar-refractivity contribution in [1.82, 2.24) is 4.90 Å². The van der Waals surface area contributed by atoms with E-state index < -0.39 is 23.4 Å².